The summed E-state index contributed by atoms with van der Waals surface area (Å²) in [4.78, 5) is 0. The maximum atomic E-state index is 12.9. The zero-order valence-electron chi connectivity index (χ0n) is 12.8. The Hall–Kier alpha value is -0.500. The Balaban J connectivity index is 2.12. The maximum Gasteiger partial charge on any atom is 0.416 e. The van der Waals surface area contributed by atoms with E-state index in [4.69, 9.17) is 23.2 Å². The van der Waals surface area contributed by atoms with E-state index in [0.717, 1.165) is 29.7 Å². The van der Waals surface area contributed by atoms with Crippen molar-refractivity contribution >= 4 is 60.6 Å². The average molecular weight is 519 g/mol. The van der Waals surface area contributed by atoms with Crippen molar-refractivity contribution in [3.63, 3.8) is 0 Å². The first-order valence-electron chi connectivity index (χ1n) is 7.11. The number of aromatic nitrogens is 2. The first kappa shape index (κ1) is 19.3. The van der Waals surface area contributed by atoms with Crippen LogP contribution in [0.3, 0.4) is 0 Å². The highest BCUT2D eigenvalue weighted by Crippen LogP contribution is 2.63. The molecule has 3 rings (SSSR count). The molecular weight excluding hydrogens is 508 g/mol. The second-order valence-electron chi connectivity index (χ2n) is 5.96. The molecule has 134 valence electrons. The van der Waals surface area contributed by atoms with Crippen LogP contribution in [0.25, 0.3) is 11.3 Å². The van der Waals surface area contributed by atoms with Crippen molar-refractivity contribution in [3.05, 3.63) is 51.8 Å². The molecule has 1 fully saturated rings. The summed E-state index contributed by atoms with van der Waals surface area (Å²) in [6.45, 7) is 5.74. The molecule has 1 aliphatic carbocycles. The molecule has 1 unspecified atom stereocenters. The number of rotatable bonds is 3. The molecule has 0 aliphatic heterocycles. The predicted octanol–water partition coefficient (Wildman–Crippen LogP) is 7.20. The molecule has 9 heteroatoms. The van der Waals surface area contributed by atoms with E-state index in [1.807, 2.05) is 6.92 Å². The molecule has 0 amide bonds. The summed E-state index contributed by atoms with van der Waals surface area (Å²) in [7, 11) is 0. The SMILES string of the molecule is C=C(C)c1nn(-c2c(Cl)cc(C(F)(F)F)cc2Cl)cc1C1CC1(Br)Br. The van der Waals surface area contributed by atoms with Crippen LogP contribution in [0.4, 0.5) is 13.2 Å². The minimum atomic E-state index is -4.52. The van der Waals surface area contributed by atoms with E-state index in [1.54, 1.807) is 6.20 Å². The van der Waals surface area contributed by atoms with Crippen LogP contribution in [0.2, 0.25) is 10.0 Å². The Labute approximate surface area is 169 Å². The molecule has 0 N–H and O–H groups in total. The lowest BCUT2D eigenvalue weighted by atomic mass is 10.1. The summed E-state index contributed by atoms with van der Waals surface area (Å²) in [5.74, 6) is 0.167. The summed E-state index contributed by atoms with van der Waals surface area (Å²) in [5.41, 5.74) is 1.66. The molecule has 0 radical (unpaired) electrons. The van der Waals surface area contributed by atoms with Crippen LogP contribution in [-0.4, -0.2) is 13.0 Å². The Morgan fingerprint density at radius 2 is 1.84 bits per heavy atom. The van der Waals surface area contributed by atoms with Crippen LogP contribution in [0, 0.1) is 0 Å². The van der Waals surface area contributed by atoms with Gasteiger partial charge < -0.3 is 0 Å². The van der Waals surface area contributed by atoms with E-state index in [1.165, 1.54) is 4.68 Å². The number of halogens is 7. The molecule has 0 spiro atoms. The largest absolute Gasteiger partial charge is 0.416 e. The van der Waals surface area contributed by atoms with Gasteiger partial charge in [-0.05, 0) is 31.1 Å². The number of hydrogen-bond donors (Lipinski definition) is 0. The van der Waals surface area contributed by atoms with Crippen molar-refractivity contribution in [2.45, 2.75) is 28.7 Å². The van der Waals surface area contributed by atoms with Gasteiger partial charge in [-0.15, -0.1) is 0 Å². The topological polar surface area (TPSA) is 17.8 Å². The van der Waals surface area contributed by atoms with Crippen LogP contribution in [-0.2, 0) is 6.18 Å². The highest BCUT2D eigenvalue weighted by molar-refractivity contribution is 9.25. The van der Waals surface area contributed by atoms with Crippen molar-refractivity contribution < 1.29 is 13.2 Å². The lowest BCUT2D eigenvalue weighted by Gasteiger charge is -2.12. The third kappa shape index (κ3) is 3.66. The van der Waals surface area contributed by atoms with E-state index in [2.05, 4.69) is 43.5 Å². The fourth-order valence-electron chi connectivity index (χ4n) is 2.59. The molecule has 25 heavy (non-hydrogen) atoms. The lowest BCUT2D eigenvalue weighted by Crippen LogP contribution is -2.07. The van der Waals surface area contributed by atoms with Crippen LogP contribution < -0.4 is 0 Å². The molecule has 0 bridgehead atoms. The number of alkyl halides is 5. The van der Waals surface area contributed by atoms with Gasteiger partial charge in [-0.1, -0.05) is 61.6 Å². The number of benzene rings is 1. The standard InChI is InChI=1S/C16H11Br2Cl2F3N2/c1-7(2)13-9(10-5-15(10,17)18)6-25(24-13)14-11(19)3-8(4-12(14)20)16(21,22)23/h3-4,6,10H,1,5H2,2H3. The molecular formula is C16H11Br2Cl2F3N2. The molecule has 1 atom stereocenters. The van der Waals surface area contributed by atoms with Crippen LogP contribution >= 0.6 is 55.1 Å². The summed E-state index contributed by atoms with van der Waals surface area (Å²) >= 11 is 19.3. The summed E-state index contributed by atoms with van der Waals surface area (Å²) in [5, 5.41) is 4.20. The molecule has 1 heterocycles. The Kier molecular flexibility index (Phi) is 4.85. The highest BCUT2D eigenvalue weighted by Gasteiger charge is 2.52. The molecule has 1 aromatic carbocycles. The number of allylic oxidation sites excluding steroid dienone is 1. The molecule has 0 saturated heterocycles. The van der Waals surface area contributed by atoms with Gasteiger partial charge in [-0.3, -0.25) is 0 Å². The van der Waals surface area contributed by atoms with Crippen molar-refractivity contribution in [1.82, 2.24) is 9.78 Å². The second kappa shape index (κ2) is 6.29. The summed E-state index contributed by atoms with van der Waals surface area (Å²) in [6, 6.07) is 1.70. The van der Waals surface area contributed by atoms with Gasteiger partial charge in [0.1, 0.15) is 5.69 Å². The maximum absolute atomic E-state index is 12.9. The summed E-state index contributed by atoms with van der Waals surface area (Å²) in [6.07, 6.45) is -1.93. The van der Waals surface area contributed by atoms with Gasteiger partial charge >= 0.3 is 6.18 Å². The van der Waals surface area contributed by atoms with Gasteiger partial charge in [0.25, 0.3) is 0 Å². The molecule has 1 aromatic heterocycles. The minimum absolute atomic E-state index is 0.123. The lowest BCUT2D eigenvalue weighted by molar-refractivity contribution is -0.137. The van der Waals surface area contributed by atoms with Crippen LogP contribution in [0.15, 0.2) is 24.9 Å². The van der Waals surface area contributed by atoms with E-state index < -0.39 is 11.7 Å². The van der Waals surface area contributed by atoms with Gasteiger partial charge in [0, 0.05) is 17.7 Å². The first-order chi connectivity index (χ1) is 11.4. The fourth-order valence-corrected chi connectivity index (χ4v) is 4.39. The first-order valence-corrected chi connectivity index (χ1v) is 9.46. The number of nitrogens with zero attached hydrogens (tertiary/aromatic N) is 2. The van der Waals surface area contributed by atoms with Gasteiger partial charge in [0.05, 0.1) is 24.5 Å². The fraction of sp³-hybridized carbons (Fsp3) is 0.312. The van der Waals surface area contributed by atoms with Gasteiger partial charge in [-0.25, -0.2) is 4.68 Å². The Morgan fingerprint density at radius 3 is 2.24 bits per heavy atom. The molecule has 2 nitrogen and oxygen atoms in total. The summed E-state index contributed by atoms with van der Waals surface area (Å²) < 4.78 is 39.9. The highest BCUT2D eigenvalue weighted by atomic mass is 79.9. The minimum Gasteiger partial charge on any atom is -0.237 e. The Morgan fingerprint density at radius 1 is 1.32 bits per heavy atom. The smallest absolute Gasteiger partial charge is 0.237 e. The van der Waals surface area contributed by atoms with Crippen molar-refractivity contribution in [1.29, 1.82) is 0 Å². The van der Waals surface area contributed by atoms with Gasteiger partial charge in [0.2, 0.25) is 0 Å². The normalized spacial score (nSPS) is 19.1. The molecule has 2 aromatic rings. The van der Waals surface area contributed by atoms with Crippen LogP contribution in [0.1, 0.15) is 36.1 Å². The van der Waals surface area contributed by atoms with Crippen LogP contribution in [0.5, 0.6) is 0 Å². The third-order valence-corrected chi connectivity index (χ3v) is 6.25. The zero-order chi connectivity index (χ0) is 18.7. The van der Waals surface area contributed by atoms with E-state index in [0.29, 0.717) is 5.69 Å². The second-order valence-corrected chi connectivity index (χ2v) is 10.7. The van der Waals surface area contributed by atoms with E-state index in [-0.39, 0.29) is 24.9 Å². The van der Waals surface area contributed by atoms with Gasteiger partial charge in [0.15, 0.2) is 0 Å². The monoisotopic (exact) mass is 516 g/mol. The van der Waals surface area contributed by atoms with Gasteiger partial charge in [-0.2, -0.15) is 18.3 Å². The van der Waals surface area contributed by atoms with E-state index in [9.17, 15) is 13.2 Å². The van der Waals surface area contributed by atoms with Crippen molar-refractivity contribution in [2.24, 2.45) is 0 Å². The predicted molar refractivity (Wildman–Crippen MR) is 101 cm³/mol. The Bertz CT molecular complexity index is 852. The van der Waals surface area contributed by atoms with Crippen molar-refractivity contribution in [2.75, 3.05) is 0 Å². The molecule has 1 saturated carbocycles. The molecule has 1 aliphatic rings. The third-order valence-electron chi connectivity index (χ3n) is 3.92. The zero-order valence-corrected chi connectivity index (χ0v) is 17.4. The average Bonchev–Trinajstić information content (AvgIpc) is 2.90. The quantitative estimate of drug-likeness (QED) is 0.393. The van der Waals surface area contributed by atoms with E-state index >= 15 is 0 Å². The van der Waals surface area contributed by atoms with Crippen molar-refractivity contribution in [3.8, 4) is 5.69 Å². The number of hydrogen-bond acceptors (Lipinski definition) is 1.